The van der Waals surface area contributed by atoms with E-state index >= 15 is 0 Å². The summed E-state index contributed by atoms with van der Waals surface area (Å²) < 4.78 is 0. The minimum absolute atomic E-state index is 0. The highest BCUT2D eigenvalue weighted by molar-refractivity contribution is 7.13. The van der Waals surface area contributed by atoms with Crippen LogP contribution in [-0.4, -0.2) is 70.7 Å². The van der Waals surface area contributed by atoms with E-state index < -0.39 is 29.7 Å². The van der Waals surface area contributed by atoms with Crippen LogP contribution in [0.5, 0.6) is 0 Å². The highest BCUT2D eigenvalue weighted by Crippen LogP contribution is 2.24. The standard InChI is InChI=1S/C21H24ClN7O4S.ClH/c1-29-7-6-13-15(10-29)34-21(27-13)20(33)26-14(17(30)25-12-3-4-12)9-24-18(31)19(32)28-16-5-2-11(22)8-23-16;/h2,5,8,12,14H,3-4,6-7,9-10H2,1H3,(H,24,31)(H,25,30)(H,26,33)(H,23,28,32);1H. The first-order valence-corrected chi connectivity index (χ1v) is 12.0. The second kappa shape index (κ2) is 11.8. The Labute approximate surface area is 216 Å². The number of carbonyl (C=O) groups is 4. The summed E-state index contributed by atoms with van der Waals surface area (Å²) in [7, 11) is 2.00. The van der Waals surface area contributed by atoms with Gasteiger partial charge in [0.25, 0.3) is 5.91 Å². The van der Waals surface area contributed by atoms with Gasteiger partial charge in [0, 0.05) is 43.2 Å². The Kier molecular flexibility index (Phi) is 9.00. The number of likely N-dealkylation sites (N-methyl/N-ethyl adjacent to an activating group) is 1. The number of hydrogen-bond donors (Lipinski definition) is 4. The van der Waals surface area contributed by atoms with Crippen LogP contribution in [-0.2, 0) is 27.3 Å². The SMILES string of the molecule is CN1CCc2nc(C(=O)NC(CNC(=O)C(=O)Nc3ccc(Cl)cn3)C(=O)NC3CC3)sc2C1.Cl. The van der Waals surface area contributed by atoms with Crippen molar-refractivity contribution >= 4 is 64.8 Å². The van der Waals surface area contributed by atoms with Gasteiger partial charge in [0.2, 0.25) is 5.91 Å². The third-order valence-electron chi connectivity index (χ3n) is 5.30. The van der Waals surface area contributed by atoms with Gasteiger partial charge in [0.05, 0.1) is 10.7 Å². The van der Waals surface area contributed by atoms with E-state index in [1.807, 2.05) is 7.05 Å². The van der Waals surface area contributed by atoms with E-state index in [4.69, 9.17) is 11.6 Å². The minimum Gasteiger partial charge on any atom is -0.352 e. The molecule has 4 amide bonds. The zero-order chi connectivity index (χ0) is 24.2. The molecular weight excluding hydrogens is 517 g/mol. The monoisotopic (exact) mass is 541 g/mol. The summed E-state index contributed by atoms with van der Waals surface area (Å²) in [6.45, 7) is 1.32. The van der Waals surface area contributed by atoms with E-state index in [0.29, 0.717) is 5.02 Å². The highest BCUT2D eigenvalue weighted by atomic mass is 35.5. The van der Waals surface area contributed by atoms with Gasteiger partial charge in [-0.1, -0.05) is 11.6 Å². The number of nitrogens with one attached hydrogen (secondary N) is 4. The molecule has 4 N–H and O–H groups in total. The fourth-order valence-corrected chi connectivity index (χ4v) is 4.48. The number of hydrogen-bond acceptors (Lipinski definition) is 8. The lowest BCUT2D eigenvalue weighted by Crippen LogP contribution is -2.54. The summed E-state index contributed by atoms with van der Waals surface area (Å²) in [5.74, 6) is -2.71. The topological polar surface area (TPSA) is 145 Å². The van der Waals surface area contributed by atoms with Gasteiger partial charge in [0.15, 0.2) is 5.01 Å². The molecule has 1 fully saturated rings. The Hall–Kier alpha value is -2.80. The predicted molar refractivity (Wildman–Crippen MR) is 133 cm³/mol. The van der Waals surface area contributed by atoms with Crippen LogP contribution in [0.2, 0.25) is 5.02 Å². The van der Waals surface area contributed by atoms with Gasteiger partial charge >= 0.3 is 11.8 Å². The van der Waals surface area contributed by atoms with Crippen LogP contribution < -0.4 is 21.3 Å². The van der Waals surface area contributed by atoms with Gasteiger partial charge in [-0.05, 0) is 32.0 Å². The number of pyridine rings is 1. The highest BCUT2D eigenvalue weighted by Gasteiger charge is 2.30. The molecule has 4 rings (SSSR count). The smallest absolute Gasteiger partial charge is 0.314 e. The Balaban J connectivity index is 0.00000342. The quantitative estimate of drug-likeness (QED) is 0.378. The first-order valence-electron chi connectivity index (χ1n) is 10.8. The molecule has 0 aromatic carbocycles. The minimum atomic E-state index is -1.07. The molecule has 3 heterocycles. The summed E-state index contributed by atoms with van der Waals surface area (Å²) in [5, 5.41) is 10.8. The molecule has 2 aliphatic rings. The number of fused-ring (bicyclic) bond motifs is 1. The summed E-state index contributed by atoms with van der Waals surface area (Å²) in [5.41, 5.74) is 0.896. The van der Waals surface area contributed by atoms with Crippen LogP contribution in [0.4, 0.5) is 5.82 Å². The van der Waals surface area contributed by atoms with Crippen LogP contribution in [0.3, 0.4) is 0 Å². The number of thiazole rings is 1. The second-order valence-corrected chi connectivity index (χ2v) is 9.73. The normalized spacial score (nSPS) is 15.7. The Morgan fingerprint density at radius 2 is 2.00 bits per heavy atom. The molecule has 1 aliphatic heterocycles. The molecule has 1 aliphatic carbocycles. The zero-order valence-electron chi connectivity index (χ0n) is 18.8. The number of carbonyl (C=O) groups excluding carboxylic acids is 4. The maximum Gasteiger partial charge on any atom is 0.314 e. The predicted octanol–water partition coefficient (Wildman–Crippen LogP) is 0.733. The van der Waals surface area contributed by atoms with Crippen molar-refractivity contribution in [3.63, 3.8) is 0 Å². The van der Waals surface area contributed by atoms with Crippen molar-refractivity contribution in [3.8, 4) is 0 Å². The lowest BCUT2D eigenvalue weighted by atomic mass is 10.2. The number of rotatable bonds is 7. The lowest BCUT2D eigenvalue weighted by molar-refractivity contribution is -0.136. The third kappa shape index (κ3) is 7.34. The van der Waals surface area contributed by atoms with E-state index in [-0.39, 0.29) is 35.8 Å². The molecule has 0 radical (unpaired) electrons. The summed E-state index contributed by atoms with van der Waals surface area (Å²) in [4.78, 5) is 61.4. The molecule has 1 atom stereocenters. The van der Waals surface area contributed by atoms with Crippen molar-refractivity contribution in [3.05, 3.63) is 38.9 Å². The Bertz CT molecular complexity index is 1110. The van der Waals surface area contributed by atoms with Crippen LogP contribution in [0.1, 0.15) is 33.2 Å². The lowest BCUT2D eigenvalue weighted by Gasteiger charge is -2.20. The molecular formula is C21H25Cl2N7O4S. The maximum atomic E-state index is 12.8. The molecule has 1 unspecified atom stereocenters. The molecule has 1 saturated carbocycles. The largest absolute Gasteiger partial charge is 0.352 e. The van der Waals surface area contributed by atoms with Crippen molar-refractivity contribution in [1.29, 1.82) is 0 Å². The number of anilines is 1. The third-order valence-corrected chi connectivity index (χ3v) is 6.61. The summed E-state index contributed by atoms with van der Waals surface area (Å²) >= 11 is 7.05. The molecule has 11 nitrogen and oxygen atoms in total. The zero-order valence-corrected chi connectivity index (χ0v) is 21.2. The molecule has 35 heavy (non-hydrogen) atoms. The molecule has 188 valence electrons. The van der Waals surface area contributed by atoms with Gasteiger partial charge in [-0.25, -0.2) is 9.97 Å². The van der Waals surface area contributed by atoms with Crippen LogP contribution >= 0.6 is 35.3 Å². The summed E-state index contributed by atoms with van der Waals surface area (Å²) in [6, 6.07) is 1.96. The van der Waals surface area contributed by atoms with E-state index in [0.717, 1.165) is 42.9 Å². The number of amides is 4. The second-order valence-electron chi connectivity index (χ2n) is 8.21. The molecule has 0 bridgehead atoms. The van der Waals surface area contributed by atoms with Gasteiger partial charge in [-0.15, -0.1) is 23.7 Å². The van der Waals surface area contributed by atoms with Crippen LogP contribution in [0.15, 0.2) is 18.3 Å². The molecule has 2 aromatic rings. The first-order chi connectivity index (χ1) is 16.3. The number of aromatic nitrogens is 2. The van der Waals surface area contributed by atoms with E-state index in [9.17, 15) is 19.2 Å². The van der Waals surface area contributed by atoms with Gasteiger partial charge < -0.3 is 26.2 Å². The van der Waals surface area contributed by atoms with Crippen molar-refractivity contribution in [2.24, 2.45) is 0 Å². The van der Waals surface area contributed by atoms with Crippen molar-refractivity contribution in [2.45, 2.75) is 37.9 Å². The number of halogens is 2. The molecule has 14 heteroatoms. The van der Waals surface area contributed by atoms with E-state index in [2.05, 4.69) is 36.1 Å². The van der Waals surface area contributed by atoms with Gasteiger partial charge in [-0.3, -0.25) is 19.2 Å². The average Bonchev–Trinajstić information content (AvgIpc) is 3.52. The number of nitrogens with zero attached hydrogens (tertiary/aromatic N) is 3. The molecule has 0 spiro atoms. The van der Waals surface area contributed by atoms with Crippen LogP contribution in [0.25, 0.3) is 0 Å². The van der Waals surface area contributed by atoms with Crippen molar-refractivity contribution in [2.75, 3.05) is 25.5 Å². The summed E-state index contributed by atoms with van der Waals surface area (Å²) in [6.07, 6.45) is 3.82. The Morgan fingerprint density at radius 1 is 1.23 bits per heavy atom. The molecule has 2 aromatic heterocycles. The fourth-order valence-electron chi connectivity index (χ4n) is 3.28. The first kappa shape index (κ1) is 26.8. The fraction of sp³-hybridized carbons (Fsp3) is 0.429. The molecule has 0 saturated heterocycles. The van der Waals surface area contributed by atoms with Crippen molar-refractivity contribution in [1.82, 2.24) is 30.8 Å². The Morgan fingerprint density at radius 3 is 2.69 bits per heavy atom. The average molecular weight is 542 g/mol. The van der Waals surface area contributed by atoms with Crippen LogP contribution in [0, 0.1) is 0 Å². The van der Waals surface area contributed by atoms with Gasteiger partial charge in [0.1, 0.15) is 11.9 Å². The van der Waals surface area contributed by atoms with E-state index in [1.54, 1.807) is 0 Å². The van der Waals surface area contributed by atoms with E-state index in [1.165, 1.54) is 29.7 Å². The van der Waals surface area contributed by atoms with Gasteiger partial charge in [-0.2, -0.15) is 0 Å². The van der Waals surface area contributed by atoms with Crippen molar-refractivity contribution < 1.29 is 19.2 Å². The maximum absolute atomic E-state index is 12.8.